The summed E-state index contributed by atoms with van der Waals surface area (Å²) < 4.78 is 11.6. The SMILES string of the molecule is C[N+](C)(C)CCOC(=O)CCC(=O)OCC[N+](C)(C)C.Cl.Cl.Cl. The fourth-order valence-corrected chi connectivity index (χ4v) is 1.22. The number of hydrogen-bond acceptors (Lipinski definition) is 4. The number of esters is 2. The third-order valence-corrected chi connectivity index (χ3v) is 2.58. The van der Waals surface area contributed by atoms with Crippen LogP contribution in [0.3, 0.4) is 0 Å². The Kier molecular flexibility index (Phi) is 18.8. The Labute approximate surface area is 158 Å². The van der Waals surface area contributed by atoms with Gasteiger partial charge in [0.05, 0.1) is 55.1 Å². The van der Waals surface area contributed by atoms with Crippen LogP contribution in [0, 0.1) is 0 Å². The van der Waals surface area contributed by atoms with Crippen LogP contribution in [0.15, 0.2) is 0 Å². The lowest BCUT2D eigenvalue weighted by Crippen LogP contribution is -2.38. The number of halogens is 3. The molecular formula is C14H33Cl3N2O4+2. The van der Waals surface area contributed by atoms with Crippen LogP contribution in [0.25, 0.3) is 0 Å². The monoisotopic (exact) mass is 398 g/mol. The van der Waals surface area contributed by atoms with Crippen molar-refractivity contribution in [3.63, 3.8) is 0 Å². The van der Waals surface area contributed by atoms with Gasteiger partial charge in [-0.3, -0.25) is 9.59 Å². The lowest BCUT2D eigenvalue weighted by molar-refractivity contribution is -0.870. The molecule has 0 aliphatic carbocycles. The summed E-state index contributed by atoms with van der Waals surface area (Å²) in [5.41, 5.74) is 0. The van der Waals surface area contributed by atoms with E-state index >= 15 is 0 Å². The first-order valence-electron chi connectivity index (χ1n) is 6.92. The second-order valence-electron chi connectivity index (χ2n) is 6.97. The standard InChI is InChI=1S/C14H30N2O4.3ClH/c1-15(2,3)9-11-19-13(17)7-8-14(18)20-12-10-16(4,5)6;;;/h7-12H2,1-6H3;3*1H/q+2;;;. The number of carbonyl (C=O) groups is 2. The maximum atomic E-state index is 11.4. The minimum absolute atomic E-state index is 0. The largest absolute Gasteiger partial charge is 0.460 e. The third kappa shape index (κ3) is 24.1. The van der Waals surface area contributed by atoms with Crippen LogP contribution in [-0.4, -0.2) is 89.5 Å². The molecule has 0 aliphatic heterocycles. The van der Waals surface area contributed by atoms with E-state index in [9.17, 15) is 9.59 Å². The fourth-order valence-electron chi connectivity index (χ4n) is 1.22. The van der Waals surface area contributed by atoms with Crippen molar-refractivity contribution in [3.05, 3.63) is 0 Å². The van der Waals surface area contributed by atoms with Crippen LogP contribution >= 0.6 is 37.2 Å². The zero-order chi connectivity index (χ0) is 15.8. The molecule has 0 aromatic carbocycles. The highest BCUT2D eigenvalue weighted by molar-refractivity contribution is 5.86. The highest BCUT2D eigenvalue weighted by Crippen LogP contribution is 1.98. The zero-order valence-electron chi connectivity index (χ0n) is 15.0. The zero-order valence-corrected chi connectivity index (χ0v) is 17.4. The van der Waals surface area contributed by atoms with E-state index in [0.717, 1.165) is 22.1 Å². The second kappa shape index (κ2) is 14.1. The fraction of sp³-hybridized carbons (Fsp3) is 0.857. The topological polar surface area (TPSA) is 52.6 Å². The van der Waals surface area contributed by atoms with Gasteiger partial charge in [-0.2, -0.15) is 0 Å². The van der Waals surface area contributed by atoms with Crippen molar-refractivity contribution >= 4 is 49.2 Å². The molecule has 0 amide bonds. The van der Waals surface area contributed by atoms with Gasteiger partial charge in [-0.1, -0.05) is 0 Å². The smallest absolute Gasteiger partial charge is 0.306 e. The van der Waals surface area contributed by atoms with Crippen LogP contribution in [0.4, 0.5) is 0 Å². The Morgan fingerprint density at radius 2 is 0.913 bits per heavy atom. The van der Waals surface area contributed by atoms with Gasteiger partial charge < -0.3 is 18.4 Å². The Morgan fingerprint density at radius 3 is 1.13 bits per heavy atom. The summed E-state index contributed by atoms with van der Waals surface area (Å²) >= 11 is 0. The molecule has 0 saturated carbocycles. The van der Waals surface area contributed by atoms with Crippen molar-refractivity contribution < 1.29 is 28.0 Å². The predicted octanol–water partition coefficient (Wildman–Crippen LogP) is 1.53. The van der Waals surface area contributed by atoms with E-state index in [2.05, 4.69) is 0 Å². The molecule has 9 heteroatoms. The molecule has 0 unspecified atom stereocenters. The van der Waals surface area contributed by atoms with Gasteiger partial charge in [0.1, 0.15) is 26.3 Å². The summed E-state index contributed by atoms with van der Waals surface area (Å²) in [6, 6.07) is 0. The summed E-state index contributed by atoms with van der Waals surface area (Å²) in [7, 11) is 12.2. The van der Waals surface area contributed by atoms with Crippen LogP contribution < -0.4 is 0 Å². The van der Waals surface area contributed by atoms with Crippen LogP contribution in [0.1, 0.15) is 12.8 Å². The highest BCUT2D eigenvalue weighted by Gasteiger charge is 2.13. The molecule has 0 rings (SSSR count). The third-order valence-electron chi connectivity index (χ3n) is 2.58. The van der Waals surface area contributed by atoms with E-state index in [1.54, 1.807) is 0 Å². The lowest BCUT2D eigenvalue weighted by Gasteiger charge is -2.23. The molecular weight excluding hydrogens is 367 g/mol. The first-order chi connectivity index (χ1) is 8.99. The summed E-state index contributed by atoms with van der Waals surface area (Å²) in [6.45, 7) is 2.25. The van der Waals surface area contributed by atoms with Gasteiger partial charge in [0.2, 0.25) is 0 Å². The molecule has 0 atom stereocenters. The quantitative estimate of drug-likeness (QED) is 0.436. The number of hydrogen-bond donors (Lipinski definition) is 0. The number of rotatable bonds is 9. The van der Waals surface area contributed by atoms with Gasteiger partial charge in [0, 0.05) is 0 Å². The van der Waals surface area contributed by atoms with E-state index < -0.39 is 0 Å². The van der Waals surface area contributed by atoms with Crippen molar-refractivity contribution in [2.24, 2.45) is 0 Å². The number of ether oxygens (including phenoxy) is 2. The number of carbonyl (C=O) groups excluding carboxylic acids is 2. The molecule has 0 N–H and O–H groups in total. The first-order valence-corrected chi connectivity index (χ1v) is 6.92. The van der Waals surface area contributed by atoms with E-state index in [0.29, 0.717) is 13.2 Å². The molecule has 0 heterocycles. The van der Waals surface area contributed by atoms with Crippen molar-refractivity contribution in [1.82, 2.24) is 0 Å². The maximum absolute atomic E-state index is 11.4. The molecule has 0 aromatic rings. The summed E-state index contributed by atoms with van der Waals surface area (Å²) in [5, 5.41) is 0. The lowest BCUT2D eigenvalue weighted by atomic mass is 10.3. The Morgan fingerprint density at radius 1 is 0.652 bits per heavy atom. The summed E-state index contributed by atoms with van der Waals surface area (Å²) in [4.78, 5) is 22.9. The number of likely N-dealkylation sites (N-methyl/N-ethyl adjacent to an activating group) is 2. The molecule has 23 heavy (non-hydrogen) atoms. The Bertz CT molecular complexity index is 297. The van der Waals surface area contributed by atoms with E-state index in [1.807, 2.05) is 42.3 Å². The minimum atomic E-state index is -0.345. The molecule has 0 spiro atoms. The van der Waals surface area contributed by atoms with Crippen molar-refractivity contribution in [2.75, 3.05) is 68.6 Å². The molecule has 0 aromatic heterocycles. The predicted molar refractivity (Wildman–Crippen MR) is 98.7 cm³/mol. The minimum Gasteiger partial charge on any atom is -0.460 e. The first kappa shape index (κ1) is 30.6. The molecule has 0 fully saturated rings. The highest BCUT2D eigenvalue weighted by atomic mass is 35.5. The molecule has 0 bridgehead atoms. The molecule has 0 radical (unpaired) electrons. The van der Waals surface area contributed by atoms with Gasteiger partial charge in [-0.25, -0.2) is 0 Å². The average Bonchev–Trinajstić information content (AvgIpc) is 2.22. The molecule has 6 nitrogen and oxygen atoms in total. The van der Waals surface area contributed by atoms with Crippen LogP contribution in [-0.2, 0) is 19.1 Å². The maximum Gasteiger partial charge on any atom is 0.306 e. The Balaban J connectivity index is -0.000000602. The van der Waals surface area contributed by atoms with Crippen LogP contribution in [0.5, 0.6) is 0 Å². The molecule has 0 saturated heterocycles. The van der Waals surface area contributed by atoms with Gasteiger partial charge in [-0.05, 0) is 0 Å². The number of quaternary nitrogens is 2. The van der Waals surface area contributed by atoms with Gasteiger partial charge >= 0.3 is 11.9 Å². The van der Waals surface area contributed by atoms with Crippen molar-refractivity contribution in [1.29, 1.82) is 0 Å². The van der Waals surface area contributed by atoms with E-state index in [-0.39, 0.29) is 62.0 Å². The molecule has 0 aliphatic rings. The van der Waals surface area contributed by atoms with Crippen LogP contribution in [0.2, 0.25) is 0 Å². The number of nitrogens with zero attached hydrogens (tertiary/aromatic N) is 2. The second-order valence-corrected chi connectivity index (χ2v) is 6.97. The van der Waals surface area contributed by atoms with Crippen molar-refractivity contribution in [2.45, 2.75) is 12.8 Å². The normalized spacial score (nSPS) is 10.5. The van der Waals surface area contributed by atoms with Gasteiger partial charge in [0.25, 0.3) is 0 Å². The van der Waals surface area contributed by atoms with Gasteiger partial charge in [0.15, 0.2) is 0 Å². The average molecular weight is 400 g/mol. The van der Waals surface area contributed by atoms with E-state index in [4.69, 9.17) is 9.47 Å². The van der Waals surface area contributed by atoms with Gasteiger partial charge in [-0.15, -0.1) is 37.2 Å². The molecule has 142 valence electrons. The van der Waals surface area contributed by atoms with E-state index in [1.165, 1.54) is 0 Å². The summed E-state index contributed by atoms with van der Waals surface area (Å²) in [6.07, 6.45) is 0.167. The Hall–Kier alpha value is -0.270. The van der Waals surface area contributed by atoms with Crippen molar-refractivity contribution in [3.8, 4) is 0 Å². The summed E-state index contributed by atoms with van der Waals surface area (Å²) in [5.74, 6) is -0.691.